The molecule has 0 aliphatic rings. The zero-order valence-corrected chi connectivity index (χ0v) is 15.6. The molecule has 0 unspecified atom stereocenters. The Labute approximate surface area is 166 Å². The number of fused-ring (bicyclic) bond motifs is 1. The molecule has 0 saturated heterocycles. The van der Waals surface area contributed by atoms with E-state index < -0.39 is 4.92 Å². The number of aromatic amines is 1. The zero-order chi connectivity index (χ0) is 19.5. The number of nitrogens with zero attached hydrogens (tertiary/aromatic N) is 2. The third-order valence-electron chi connectivity index (χ3n) is 4.48. The van der Waals surface area contributed by atoms with Gasteiger partial charge in [-0.05, 0) is 35.8 Å². The molecule has 0 atom stereocenters. The number of benzene rings is 3. The molecule has 4 aromatic rings. The SMILES string of the molecule is O=[N+]([O-])c1cccc(C=Cc2nc3c(Cc4ccccc4)cccc3[nH]2)c1Cl. The minimum absolute atomic E-state index is 0.112. The number of imidazole rings is 1. The zero-order valence-electron chi connectivity index (χ0n) is 14.8. The van der Waals surface area contributed by atoms with Crippen LogP contribution in [0.2, 0.25) is 5.02 Å². The fourth-order valence-electron chi connectivity index (χ4n) is 3.12. The van der Waals surface area contributed by atoms with Crippen LogP contribution in [0.5, 0.6) is 0 Å². The summed E-state index contributed by atoms with van der Waals surface area (Å²) in [6, 6.07) is 21.0. The second-order valence-corrected chi connectivity index (χ2v) is 6.75. The second kappa shape index (κ2) is 7.66. The Hall–Kier alpha value is -3.44. The largest absolute Gasteiger partial charge is 0.338 e. The third kappa shape index (κ3) is 3.66. The highest BCUT2D eigenvalue weighted by Gasteiger charge is 2.14. The van der Waals surface area contributed by atoms with Crippen LogP contribution in [0.1, 0.15) is 22.5 Å². The van der Waals surface area contributed by atoms with Gasteiger partial charge in [0.05, 0.1) is 16.0 Å². The Balaban J connectivity index is 1.66. The van der Waals surface area contributed by atoms with Gasteiger partial charge in [-0.2, -0.15) is 0 Å². The van der Waals surface area contributed by atoms with Gasteiger partial charge in [0.1, 0.15) is 10.8 Å². The molecule has 28 heavy (non-hydrogen) atoms. The molecule has 0 amide bonds. The second-order valence-electron chi connectivity index (χ2n) is 6.37. The van der Waals surface area contributed by atoms with Gasteiger partial charge >= 0.3 is 0 Å². The molecular weight excluding hydrogens is 374 g/mol. The molecule has 0 saturated carbocycles. The molecule has 0 aliphatic carbocycles. The lowest BCUT2D eigenvalue weighted by Gasteiger charge is -2.02. The van der Waals surface area contributed by atoms with Crippen molar-refractivity contribution in [2.24, 2.45) is 0 Å². The van der Waals surface area contributed by atoms with Crippen LogP contribution in [0.3, 0.4) is 0 Å². The standard InChI is InChI=1S/C22H16ClN3O2/c23-21-16(8-5-11-19(21)26(27)28)12-13-20-24-18-10-4-9-17(22(18)25-20)14-15-6-2-1-3-7-15/h1-13H,14H2,(H,24,25). The van der Waals surface area contributed by atoms with Crippen molar-refractivity contribution in [3.05, 3.63) is 104 Å². The van der Waals surface area contributed by atoms with E-state index in [-0.39, 0.29) is 10.7 Å². The van der Waals surface area contributed by atoms with Gasteiger partial charge in [-0.25, -0.2) is 4.98 Å². The number of aromatic nitrogens is 2. The van der Waals surface area contributed by atoms with E-state index >= 15 is 0 Å². The highest BCUT2D eigenvalue weighted by atomic mass is 35.5. The first-order valence-corrected chi connectivity index (χ1v) is 9.12. The number of hydrogen-bond donors (Lipinski definition) is 1. The molecular formula is C22H16ClN3O2. The molecule has 1 heterocycles. The van der Waals surface area contributed by atoms with Gasteiger partial charge in [0.15, 0.2) is 0 Å². The maximum Gasteiger partial charge on any atom is 0.288 e. The van der Waals surface area contributed by atoms with E-state index in [4.69, 9.17) is 16.6 Å². The predicted molar refractivity (Wildman–Crippen MR) is 112 cm³/mol. The van der Waals surface area contributed by atoms with Crippen molar-refractivity contribution in [3.8, 4) is 0 Å². The number of halogens is 1. The van der Waals surface area contributed by atoms with Gasteiger partial charge in [0, 0.05) is 11.6 Å². The van der Waals surface area contributed by atoms with E-state index in [0.717, 1.165) is 23.0 Å². The Kier molecular flexibility index (Phi) is 4.91. The monoisotopic (exact) mass is 389 g/mol. The summed E-state index contributed by atoms with van der Waals surface area (Å²) in [5.41, 5.74) is 4.67. The molecule has 0 aliphatic heterocycles. The molecule has 3 aromatic carbocycles. The van der Waals surface area contributed by atoms with Crippen LogP contribution in [0, 0.1) is 10.1 Å². The lowest BCUT2D eigenvalue weighted by molar-refractivity contribution is -0.384. The normalized spacial score (nSPS) is 11.3. The van der Waals surface area contributed by atoms with Crippen LogP contribution in [0.25, 0.3) is 23.2 Å². The summed E-state index contributed by atoms with van der Waals surface area (Å²) in [6.07, 6.45) is 4.30. The van der Waals surface area contributed by atoms with E-state index in [9.17, 15) is 10.1 Å². The first kappa shape index (κ1) is 17.9. The van der Waals surface area contributed by atoms with E-state index in [1.165, 1.54) is 11.6 Å². The predicted octanol–water partition coefficient (Wildman–Crippen LogP) is 5.89. The molecule has 1 N–H and O–H groups in total. The molecule has 0 radical (unpaired) electrons. The molecule has 1 aromatic heterocycles. The lowest BCUT2D eigenvalue weighted by Crippen LogP contribution is -1.90. The van der Waals surface area contributed by atoms with Gasteiger partial charge in [-0.1, -0.05) is 66.2 Å². The first-order chi connectivity index (χ1) is 13.6. The summed E-state index contributed by atoms with van der Waals surface area (Å²) in [6.45, 7) is 0. The number of nitro groups is 1. The minimum Gasteiger partial charge on any atom is -0.338 e. The van der Waals surface area contributed by atoms with Crippen molar-refractivity contribution in [3.63, 3.8) is 0 Å². The van der Waals surface area contributed by atoms with Crippen LogP contribution in [-0.4, -0.2) is 14.9 Å². The number of nitrogens with one attached hydrogen (secondary N) is 1. The number of nitro benzene ring substituents is 1. The van der Waals surface area contributed by atoms with Gasteiger partial charge in [0.2, 0.25) is 0 Å². The van der Waals surface area contributed by atoms with Crippen molar-refractivity contribution in [2.75, 3.05) is 0 Å². The summed E-state index contributed by atoms with van der Waals surface area (Å²) in [7, 11) is 0. The number of para-hydroxylation sites is 1. The van der Waals surface area contributed by atoms with Crippen molar-refractivity contribution < 1.29 is 4.92 Å². The van der Waals surface area contributed by atoms with Crippen molar-refractivity contribution >= 4 is 40.5 Å². The summed E-state index contributed by atoms with van der Waals surface area (Å²) in [5.74, 6) is 0.665. The quantitative estimate of drug-likeness (QED) is 0.342. The molecule has 0 bridgehead atoms. The van der Waals surface area contributed by atoms with Gasteiger partial charge in [-0.3, -0.25) is 10.1 Å². The van der Waals surface area contributed by atoms with Gasteiger partial charge in [0.25, 0.3) is 5.69 Å². The van der Waals surface area contributed by atoms with Crippen LogP contribution in [0.15, 0.2) is 66.7 Å². The van der Waals surface area contributed by atoms with E-state index in [0.29, 0.717) is 11.4 Å². The average Bonchev–Trinajstić information content (AvgIpc) is 3.12. The molecule has 0 fully saturated rings. The van der Waals surface area contributed by atoms with Crippen molar-refractivity contribution in [2.45, 2.75) is 6.42 Å². The fourth-order valence-corrected chi connectivity index (χ4v) is 3.38. The Morgan fingerprint density at radius 2 is 1.79 bits per heavy atom. The average molecular weight is 390 g/mol. The number of H-pyrrole nitrogens is 1. The van der Waals surface area contributed by atoms with Gasteiger partial charge in [-0.15, -0.1) is 0 Å². The summed E-state index contributed by atoms with van der Waals surface area (Å²) < 4.78 is 0. The third-order valence-corrected chi connectivity index (χ3v) is 4.89. The van der Waals surface area contributed by atoms with E-state index in [2.05, 4.69) is 23.2 Å². The molecule has 138 valence electrons. The Morgan fingerprint density at radius 3 is 2.57 bits per heavy atom. The fraction of sp³-hybridized carbons (Fsp3) is 0.0455. The van der Waals surface area contributed by atoms with E-state index in [1.54, 1.807) is 24.3 Å². The highest BCUT2D eigenvalue weighted by Crippen LogP contribution is 2.29. The Morgan fingerprint density at radius 1 is 1.00 bits per heavy atom. The molecule has 0 spiro atoms. The lowest BCUT2D eigenvalue weighted by atomic mass is 10.0. The maximum absolute atomic E-state index is 11.0. The summed E-state index contributed by atoms with van der Waals surface area (Å²) in [4.78, 5) is 18.5. The molecule has 5 nitrogen and oxygen atoms in total. The Bertz CT molecular complexity index is 1180. The summed E-state index contributed by atoms with van der Waals surface area (Å²) >= 11 is 6.14. The van der Waals surface area contributed by atoms with Crippen molar-refractivity contribution in [1.29, 1.82) is 0 Å². The van der Waals surface area contributed by atoms with Crippen LogP contribution in [-0.2, 0) is 6.42 Å². The minimum atomic E-state index is -0.489. The van der Waals surface area contributed by atoms with Crippen LogP contribution < -0.4 is 0 Å². The van der Waals surface area contributed by atoms with Crippen LogP contribution in [0.4, 0.5) is 5.69 Å². The molecule has 4 rings (SSSR count). The highest BCUT2D eigenvalue weighted by molar-refractivity contribution is 6.34. The van der Waals surface area contributed by atoms with Crippen LogP contribution >= 0.6 is 11.6 Å². The summed E-state index contributed by atoms with van der Waals surface area (Å²) in [5, 5.41) is 11.1. The van der Waals surface area contributed by atoms with Gasteiger partial charge < -0.3 is 4.98 Å². The smallest absolute Gasteiger partial charge is 0.288 e. The van der Waals surface area contributed by atoms with E-state index in [1.807, 2.05) is 30.3 Å². The number of rotatable bonds is 5. The van der Waals surface area contributed by atoms with Crippen molar-refractivity contribution in [1.82, 2.24) is 9.97 Å². The maximum atomic E-state index is 11.0. The molecule has 6 heteroatoms. The topological polar surface area (TPSA) is 71.8 Å². The first-order valence-electron chi connectivity index (χ1n) is 8.74. The number of hydrogen-bond acceptors (Lipinski definition) is 3.